The summed E-state index contributed by atoms with van der Waals surface area (Å²) in [4.78, 5) is 11.3. The highest BCUT2D eigenvalue weighted by molar-refractivity contribution is 6.32. The number of carbonyl (C=O) groups excluding carboxylic acids is 1. The lowest BCUT2D eigenvalue weighted by Crippen LogP contribution is -2.22. The SMILES string of the molecule is CCNC(=O)CCc1ccc(OC)c(Cl)c1. The summed E-state index contributed by atoms with van der Waals surface area (Å²) in [6.45, 7) is 2.57. The van der Waals surface area contributed by atoms with Gasteiger partial charge in [0.15, 0.2) is 0 Å². The Hall–Kier alpha value is -1.22. The minimum atomic E-state index is 0.0643. The molecule has 0 aliphatic carbocycles. The van der Waals surface area contributed by atoms with Gasteiger partial charge in [-0.25, -0.2) is 0 Å². The fourth-order valence-electron chi connectivity index (χ4n) is 1.41. The van der Waals surface area contributed by atoms with Gasteiger partial charge in [-0.15, -0.1) is 0 Å². The second kappa shape index (κ2) is 6.38. The number of ether oxygens (including phenoxy) is 1. The van der Waals surface area contributed by atoms with Crippen LogP contribution < -0.4 is 10.1 Å². The molecule has 4 heteroatoms. The van der Waals surface area contributed by atoms with E-state index in [0.29, 0.717) is 30.2 Å². The summed E-state index contributed by atoms with van der Waals surface area (Å²) >= 11 is 5.98. The zero-order chi connectivity index (χ0) is 12.0. The molecule has 0 atom stereocenters. The molecule has 88 valence electrons. The lowest BCUT2D eigenvalue weighted by molar-refractivity contribution is -0.120. The molecule has 0 aliphatic heterocycles. The van der Waals surface area contributed by atoms with Crippen LogP contribution in [0.25, 0.3) is 0 Å². The van der Waals surface area contributed by atoms with Crippen molar-refractivity contribution in [1.82, 2.24) is 5.32 Å². The van der Waals surface area contributed by atoms with Crippen molar-refractivity contribution < 1.29 is 9.53 Å². The van der Waals surface area contributed by atoms with Gasteiger partial charge in [-0.2, -0.15) is 0 Å². The Kier molecular flexibility index (Phi) is 5.12. The third kappa shape index (κ3) is 3.74. The average molecular weight is 242 g/mol. The van der Waals surface area contributed by atoms with E-state index >= 15 is 0 Å². The monoisotopic (exact) mass is 241 g/mol. The number of halogens is 1. The van der Waals surface area contributed by atoms with Crippen molar-refractivity contribution in [2.24, 2.45) is 0 Å². The number of nitrogens with one attached hydrogen (secondary N) is 1. The van der Waals surface area contributed by atoms with Crippen LogP contribution in [0.4, 0.5) is 0 Å². The van der Waals surface area contributed by atoms with Crippen LogP contribution in [-0.2, 0) is 11.2 Å². The Morgan fingerprint density at radius 3 is 2.81 bits per heavy atom. The smallest absolute Gasteiger partial charge is 0.220 e. The number of rotatable bonds is 5. The molecule has 0 saturated heterocycles. The van der Waals surface area contributed by atoms with Gasteiger partial charge >= 0.3 is 0 Å². The molecule has 1 N–H and O–H groups in total. The largest absolute Gasteiger partial charge is 0.495 e. The fourth-order valence-corrected chi connectivity index (χ4v) is 1.69. The van der Waals surface area contributed by atoms with Crippen molar-refractivity contribution in [3.05, 3.63) is 28.8 Å². The summed E-state index contributed by atoms with van der Waals surface area (Å²) in [5.74, 6) is 0.720. The summed E-state index contributed by atoms with van der Waals surface area (Å²) in [6, 6.07) is 5.57. The van der Waals surface area contributed by atoms with E-state index in [2.05, 4.69) is 5.32 Å². The molecular weight excluding hydrogens is 226 g/mol. The lowest BCUT2D eigenvalue weighted by atomic mass is 10.1. The molecule has 1 rings (SSSR count). The first-order valence-corrected chi connectivity index (χ1v) is 5.64. The van der Waals surface area contributed by atoms with Crippen LogP contribution in [0.5, 0.6) is 5.75 Å². The van der Waals surface area contributed by atoms with Crippen molar-refractivity contribution in [3.63, 3.8) is 0 Å². The van der Waals surface area contributed by atoms with Crippen LogP contribution in [-0.4, -0.2) is 19.6 Å². The highest BCUT2D eigenvalue weighted by atomic mass is 35.5. The molecule has 0 fully saturated rings. The summed E-state index contributed by atoms with van der Waals surface area (Å²) in [6.07, 6.45) is 1.17. The molecule has 3 nitrogen and oxygen atoms in total. The van der Waals surface area contributed by atoms with Crippen molar-refractivity contribution in [3.8, 4) is 5.75 Å². The van der Waals surface area contributed by atoms with E-state index in [9.17, 15) is 4.79 Å². The zero-order valence-corrected chi connectivity index (χ0v) is 10.3. The molecule has 0 saturated carbocycles. The van der Waals surface area contributed by atoms with E-state index in [1.54, 1.807) is 7.11 Å². The Balaban J connectivity index is 2.55. The topological polar surface area (TPSA) is 38.3 Å². The maximum Gasteiger partial charge on any atom is 0.220 e. The zero-order valence-electron chi connectivity index (χ0n) is 9.55. The summed E-state index contributed by atoms with van der Waals surface area (Å²) in [5, 5.41) is 3.34. The highest BCUT2D eigenvalue weighted by Crippen LogP contribution is 2.25. The van der Waals surface area contributed by atoms with E-state index in [1.165, 1.54) is 0 Å². The minimum absolute atomic E-state index is 0.0643. The quantitative estimate of drug-likeness (QED) is 0.860. The second-order valence-corrected chi connectivity index (χ2v) is 3.83. The normalized spacial score (nSPS) is 9.94. The van der Waals surface area contributed by atoms with E-state index in [0.717, 1.165) is 5.56 Å². The maximum absolute atomic E-state index is 11.3. The number of carbonyl (C=O) groups is 1. The summed E-state index contributed by atoms with van der Waals surface area (Å²) in [7, 11) is 1.58. The van der Waals surface area contributed by atoms with Crippen molar-refractivity contribution in [2.45, 2.75) is 19.8 Å². The Bertz CT molecular complexity index is 366. The number of benzene rings is 1. The molecule has 0 aromatic heterocycles. The fraction of sp³-hybridized carbons (Fsp3) is 0.417. The third-order valence-electron chi connectivity index (χ3n) is 2.23. The van der Waals surface area contributed by atoms with Gasteiger partial charge in [-0.05, 0) is 31.0 Å². The van der Waals surface area contributed by atoms with Gasteiger partial charge in [0, 0.05) is 13.0 Å². The average Bonchev–Trinajstić information content (AvgIpc) is 2.27. The molecule has 0 unspecified atom stereocenters. The third-order valence-corrected chi connectivity index (χ3v) is 2.53. The van der Waals surface area contributed by atoms with Gasteiger partial charge in [0.25, 0.3) is 0 Å². The first kappa shape index (κ1) is 12.8. The molecule has 0 radical (unpaired) electrons. The standard InChI is InChI=1S/C12H16ClNO2/c1-3-14-12(15)7-5-9-4-6-11(16-2)10(13)8-9/h4,6,8H,3,5,7H2,1-2H3,(H,14,15). The summed E-state index contributed by atoms with van der Waals surface area (Å²) in [5.41, 5.74) is 1.04. The highest BCUT2D eigenvalue weighted by Gasteiger charge is 2.04. The molecule has 0 aliphatic rings. The van der Waals surface area contributed by atoms with Gasteiger partial charge < -0.3 is 10.1 Å². The molecule has 0 bridgehead atoms. The molecule has 1 aromatic rings. The van der Waals surface area contributed by atoms with Crippen LogP contribution in [0.15, 0.2) is 18.2 Å². The number of methoxy groups -OCH3 is 1. The molecular formula is C12H16ClNO2. The number of hydrogen-bond donors (Lipinski definition) is 1. The van der Waals surface area contributed by atoms with Gasteiger partial charge in [0.2, 0.25) is 5.91 Å². The van der Waals surface area contributed by atoms with Gasteiger partial charge in [-0.1, -0.05) is 17.7 Å². The summed E-state index contributed by atoms with van der Waals surface area (Å²) < 4.78 is 5.05. The van der Waals surface area contributed by atoms with Crippen LogP contribution in [0.1, 0.15) is 18.9 Å². The molecule has 0 heterocycles. The van der Waals surface area contributed by atoms with Crippen LogP contribution >= 0.6 is 11.6 Å². The van der Waals surface area contributed by atoms with E-state index in [4.69, 9.17) is 16.3 Å². The number of aryl methyl sites for hydroxylation is 1. The molecule has 1 amide bonds. The van der Waals surface area contributed by atoms with Gasteiger partial charge in [-0.3, -0.25) is 4.79 Å². The Morgan fingerprint density at radius 1 is 1.50 bits per heavy atom. The molecule has 1 aromatic carbocycles. The Labute approximate surface area is 101 Å². The van der Waals surface area contributed by atoms with E-state index < -0.39 is 0 Å². The number of hydrogen-bond acceptors (Lipinski definition) is 2. The maximum atomic E-state index is 11.3. The lowest BCUT2D eigenvalue weighted by Gasteiger charge is -2.06. The minimum Gasteiger partial charge on any atom is -0.495 e. The van der Waals surface area contributed by atoms with Crippen LogP contribution in [0, 0.1) is 0 Å². The predicted octanol–water partition coefficient (Wildman–Crippen LogP) is 2.42. The van der Waals surface area contributed by atoms with Crippen molar-refractivity contribution >= 4 is 17.5 Å². The van der Waals surface area contributed by atoms with Crippen molar-refractivity contribution in [2.75, 3.05) is 13.7 Å². The first-order chi connectivity index (χ1) is 7.67. The number of amides is 1. The van der Waals surface area contributed by atoms with Gasteiger partial charge in [0.1, 0.15) is 5.75 Å². The van der Waals surface area contributed by atoms with Gasteiger partial charge in [0.05, 0.1) is 12.1 Å². The molecule has 0 spiro atoms. The van der Waals surface area contributed by atoms with E-state index in [-0.39, 0.29) is 5.91 Å². The van der Waals surface area contributed by atoms with Crippen molar-refractivity contribution in [1.29, 1.82) is 0 Å². The first-order valence-electron chi connectivity index (χ1n) is 5.26. The van der Waals surface area contributed by atoms with Crippen LogP contribution in [0.3, 0.4) is 0 Å². The van der Waals surface area contributed by atoms with Crippen LogP contribution in [0.2, 0.25) is 5.02 Å². The predicted molar refractivity (Wildman–Crippen MR) is 65.0 cm³/mol. The second-order valence-electron chi connectivity index (χ2n) is 3.42. The Morgan fingerprint density at radius 2 is 2.25 bits per heavy atom. The molecule has 16 heavy (non-hydrogen) atoms. The van der Waals surface area contributed by atoms with E-state index in [1.807, 2.05) is 25.1 Å².